The van der Waals surface area contributed by atoms with Crippen LogP contribution in [0.3, 0.4) is 0 Å². The van der Waals surface area contributed by atoms with Crippen molar-refractivity contribution in [3.63, 3.8) is 0 Å². The van der Waals surface area contributed by atoms with Gasteiger partial charge in [0.2, 0.25) is 5.91 Å². The Balaban J connectivity index is 1.93. The van der Waals surface area contributed by atoms with Crippen LogP contribution >= 0.6 is 11.6 Å². The molecule has 2 rings (SSSR count). The van der Waals surface area contributed by atoms with Crippen LogP contribution in [-0.2, 0) is 4.79 Å². The smallest absolute Gasteiger partial charge is 0.251 e. The molecule has 0 saturated carbocycles. The first kappa shape index (κ1) is 17.5. The van der Waals surface area contributed by atoms with Gasteiger partial charge in [-0.15, -0.1) is 0 Å². The highest BCUT2D eigenvalue weighted by Crippen LogP contribution is 2.17. The number of halogens is 1. The largest absolute Gasteiger partial charge is 0.343 e. The number of nitriles is 1. The molecule has 2 aromatic carbocycles. The third kappa shape index (κ3) is 4.83. The average molecular weight is 342 g/mol. The minimum absolute atomic E-state index is 0.217. The summed E-state index contributed by atoms with van der Waals surface area (Å²) >= 11 is 5.89. The van der Waals surface area contributed by atoms with Gasteiger partial charge in [0.25, 0.3) is 5.91 Å². The van der Waals surface area contributed by atoms with Gasteiger partial charge >= 0.3 is 0 Å². The molecule has 0 spiro atoms. The van der Waals surface area contributed by atoms with Crippen molar-refractivity contribution in [2.75, 3.05) is 6.54 Å². The molecule has 2 aromatic rings. The van der Waals surface area contributed by atoms with Gasteiger partial charge in [-0.1, -0.05) is 41.4 Å². The van der Waals surface area contributed by atoms with Gasteiger partial charge in [0.1, 0.15) is 6.04 Å². The Morgan fingerprint density at radius 3 is 2.62 bits per heavy atom. The van der Waals surface area contributed by atoms with Gasteiger partial charge in [-0.2, -0.15) is 5.26 Å². The molecule has 0 bridgehead atoms. The second-order valence-electron chi connectivity index (χ2n) is 5.24. The number of hydrogen-bond donors (Lipinski definition) is 2. The molecule has 0 unspecified atom stereocenters. The van der Waals surface area contributed by atoms with Crippen molar-refractivity contribution in [2.24, 2.45) is 0 Å². The Kier molecular flexibility index (Phi) is 5.94. The molecule has 24 heavy (non-hydrogen) atoms. The standard InChI is InChI=1S/C18H16ClN3O2/c1-12-4-2-6-14(8-12)18(24)21-11-17(23)22-16(10-20)13-5-3-7-15(19)9-13/h2-9,16H,11H2,1H3,(H,21,24)(H,22,23)/t16-/m1/s1. The van der Waals surface area contributed by atoms with E-state index in [1.165, 1.54) is 0 Å². The van der Waals surface area contributed by atoms with Crippen LogP contribution in [0.5, 0.6) is 0 Å². The third-order valence-corrected chi connectivity index (χ3v) is 3.54. The maximum atomic E-state index is 12.0. The summed E-state index contributed by atoms with van der Waals surface area (Å²) in [6.45, 7) is 1.66. The second-order valence-corrected chi connectivity index (χ2v) is 5.67. The molecule has 6 heteroatoms. The number of benzene rings is 2. The highest BCUT2D eigenvalue weighted by Gasteiger charge is 2.15. The van der Waals surface area contributed by atoms with Gasteiger partial charge in [0.15, 0.2) is 0 Å². The van der Waals surface area contributed by atoms with Gasteiger partial charge in [0, 0.05) is 10.6 Å². The predicted octanol–water partition coefficient (Wildman–Crippen LogP) is 2.76. The van der Waals surface area contributed by atoms with Crippen LogP contribution in [0.15, 0.2) is 48.5 Å². The maximum absolute atomic E-state index is 12.0. The van der Waals surface area contributed by atoms with Crippen molar-refractivity contribution in [3.8, 4) is 6.07 Å². The fraction of sp³-hybridized carbons (Fsp3) is 0.167. The van der Waals surface area contributed by atoms with Gasteiger partial charge in [0.05, 0.1) is 12.6 Å². The molecule has 0 aromatic heterocycles. The lowest BCUT2D eigenvalue weighted by Gasteiger charge is -2.13. The van der Waals surface area contributed by atoms with Gasteiger partial charge in [-0.3, -0.25) is 9.59 Å². The van der Waals surface area contributed by atoms with E-state index in [0.29, 0.717) is 16.1 Å². The minimum atomic E-state index is -0.827. The monoisotopic (exact) mass is 341 g/mol. The number of carbonyl (C=O) groups excluding carboxylic acids is 2. The summed E-state index contributed by atoms with van der Waals surface area (Å²) in [4.78, 5) is 24.0. The first-order chi connectivity index (χ1) is 11.5. The highest BCUT2D eigenvalue weighted by molar-refractivity contribution is 6.30. The van der Waals surface area contributed by atoms with Crippen LogP contribution in [0.2, 0.25) is 5.02 Å². The minimum Gasteiger partial charge on any atom is -0.343 e. The maximum Gasteiger partial charge on any atom is 0.251 e. The molecule has 5 nitrogen and oxygen atoms in total. The van der Waals surface area contributed by atoms with Crippen LogP contribution in [-0.4, -0.2) is 18.4 Å². The summed E-state index contributed by atoms with van der Waals surface area (Å²) < 4.78 is 0. The van der Waals surface area contributed by atoms with E-state index in [9.17, 15) is 14.9 Å². The van der Waals surface area contributed by atoms with Crippen molar-refractivity contribution < 1.29 is 9.59 Å². The van der Waals surface area contributed by atoms with Gasteiger partial charge in [-0.05, 0) is 36.8 Å². The molecule has 2 N–H and O–H groups in total. The first-order valence-electron chi connectivity index (χ1n) is 7.29. The number of amides is 2. The van der Waals surface area contributed by atoms with Crippen molar-refractivity contribution >= 4 is 23.4 Å². The Morgan fingerprint density at radius 2 is 1.96 bits per heavy atom. The van der Waals surface area contributed by atoms with E-state index in [4.69, 9.17) is 11.6 Å². The zero-order chi connectivity index (χ0) is 17.5. The van der Waals surface area contributed by atoms with E-state index in [1.54, 1.807) is 42.5 Å². The van der Waals surface area contributed by atoms with Crippen LogP contribution in [0, 0.1) is 18.3 Å². The van der Waals surface area contributed by atoms with Crippen LogP contribution in [0.25, 0.3) is 0 Å². The lowest BCUT2D eigenvalue weighted by atomic mass is 10.1. The Hall–Kier alpha value is -2.84. The molecule has 2 amide bonds. The van der Waals surface area contributed by atoms with Crippen molar-refractivity contribution in [1.29, 1.82) is 5.26 Å². The molecule has 0 aliphatic heterocycles. The molecule has 1 atom stereocenters. The average Bonchev–Trinajstić information content (AvgIpc) is 2.57. The fourth-order valence-corrected chi connectivity index (χ4v) is 2.34. The Bertz CT molecular complexity index is 799. The molecule has 0 heterocycles. The van der Waals surface area contributed by atoms with Gasteiger partial charge in [-0.25, -0.2) is 0 Å². The number of carbonyl (C=O) groups is 2. The number of nitrogens with zero attached hydrogens (tertiary/aromatic N) is 1. The summed E-state index contributed by atoms with van der Waals surface area (Å²) in [5, 5.41) is 14.8. The number of nitrogens with one attached hydrogen (secondary N) is 2. The van der Waals surface area contributed by atoms with Gasteiger partial charge < -0.3 is 10.6 Å². The number of rotatable bonds is 5. The van der Waals surface area contributed by atoms with E-state index in [1.807, 2.05) is 19.1 Å². The third-order valence-electron chi connectivity index (χ3n) is 3.31. The number of hydrogen-bond acceptors (Lipinski definition) is 3. The van der Waals surface area contributed by atoms with Crippen molar-refractivity contribution in [3.05, 3.63) is 70.2 Å². The normalized spacial score (nSPS) is 11.2. The molecule has 0 radical (unpaired) electrons. The molecular weight excluding hydrogens is 326 g/mol. The molecule has 0 aliphatic carbocycles. The van der Waals surface area contributed by atoms with E-state index >= 15 is 0 Å². The van der Waals surface area contributed by atoms with E-state index in [2.05, 4.69) is 10.6 Å². The summed E-state index contributed by atoms with van der Waals surface area (Å²) in [5.74, 6) is -0.798. The first-order valence-corrected chi connectivity index (χ1v) is 7.66. The van der Waals surface area contributed by atoms with Crippen LogP contribution in [0.4, 0.5) is 0 Å². The summed E-state index contributed by atoms with van der Waals surface area (Å²) in [6, 6.07) is 14.9. The molecular formula is C18H16ClN3O2. The van der Waals surface area contributed by atoms with E-state index in [-0.39, 0.29) is 12.5 Å². The summed E-state index contributed by atoms with van der Waals surface area (Å²) in [5.41, 5.74) is 2.02. The van der Waals surface area contributed by atoms with E-state index < -0.39 is 11.9 Å². The van der Waals surface area contributed by atoms with Crippen LogP contribution in [0.1, 0.15) is 27.5 Å². The molecule has 0 saturated heterocycles. The highest BCUT2D eigenvalue weighted by atomic mass is 35.5. The molecule has 122 valence electrons. The Labute approximate surface area is 145 Å². The fourth-order valence-electron chi connectivity index (χ4n) is 2.14. The lowest BCUT2D eigenvalue weighted by molar-refractivity contribution is -0.120. The zero-order valence-electron chi connectivity index (χ0n) is 13.0. The summed E-state index contributed by atoms with van der Waals surface area (Å²) in [7, 11) is 0. The predicted molar refractivity (Wildman–Crippen MR) is 91.5 cm³/mol. The topological polar surface area (TPSA) is 82.0 Å². The lowest BCUT2D eigenvalue weighted by Crippen LogP contribution is -2.38. The molecule has 0 aliphatic rings. The van der Waals surface area contributed by atoms with Crippen LogP contribution < -0.4 is 10.6 Å². The SMILES string of the molecule is Cc1cccc(C(=O)NCC(=O)N[C@H](C#N)c2cccc(Cl)c2)c1. The molecule has 0 fully saturated rings. The quantitative estimate of drug-likeness (QED) is 0.877. The Morgan fingerprint density at radius 1 is 1.21 bits per heavy atom. The van der Waals surface area contributed by atoms with Crippen molar-refractivity contribution in [1.82, 2.24) is 10.6 Å². The zero-order valence-corrected chi connectivity index (χ0v) is 13.8. The second kappa shape index (κ2) is 8.14. The van der Waals surface area contributed by atoms with E-state index in [0.717, 1.165) is 5.56 Å². The summed E-state index contributed by atoms with van der Waals surface area (Å²) in [6.07, 6.45) is 0. The number of aryl methyl sites for hydroxylation is 1. The van der Waals surface area contributed by atoms with Crippen molar-refractivity contribution in [2.45, 2.75) is 13.0 Å².